The van der Waals surface area contributed by atoms with Crippen molar-refractivity contribution in [2.75, 3.05) is 13.7 Å². The largest absolute Gasteiger partial charge is 0.478 e. The van der Waals surface area contributed by atoms with Crippen molar-refractivity contribution < 1.29 is 4.74 Å². The zero-order valence-electron chi connectivity index (χ0n) is 7.88. The van der Waals surface area contributed by atoms with Crippen molar-refractivity contribution in [3.05, 3.63) is 28.8 Å². The number of ether oxygens (including phenoxy) is 1. The summed E-state index contributed by atoms with van der Waals surface area (Å²) < 4.78 is 5.23. The molecular formula is C10H11ClN2O. The van der Waals surface area contributed by atoms with E-state index in [4.69, 9.17) is 21.6 Å². The van der Waals surface area contributed by atoms with Crippen molar-refractivity contribution >= 4 is 11.6 Å². The summed E-state index contributed by atoms with van der Waals surface area (Å²) in [5, 5.41) is 12.0. The number of nitriles is 1. The van der Waals surface area contributed by atoms with Crippen molar-refractivity contribution in [2.24, 2.45) is 0 Å². The molecule has 74 valence electrons. The van der Waals surface area contributed by atoms with Crippen LogP contribution in [0.3, 0.4) is 0 Å². The van der Waals surface area contributed by atoms with Gasteiger partial charge in [0, 0.05) is 17.1 Å². The summed E-state index contributed by atoms with van der Waals surface area (Å²) >= 11 is 5.98. The maximum absolute atomic E-state index is 8.39. The van der Waals surface area contributed by atoms with Crippen LogP contribution < -0.4 is 10.1 Å². The normalized spacial score (nSPS) is 9.50. The molecule has 0 aliphatic rings. The molecule has 0 aromatic heterocycles. The van der Waals surface area contributed by atoms with Gasteiger partial charge in [0.2, 0.25) is 0 Å². The van der Waals surface area contributed by atoms with Gasteiger partial charge < -0.3 is 10.1 Å². The SMILES string of the molecule is CNCc1c(Cl)cccc1OCC#N. The second-order valence-corrected chi connectivity index (χ2v) is 3.10. The van der Waals surface area contributed by atoms with E-state index >= 15 is 0 Å². The highest BCUT2D eigenvalue weighted by Gasteiger charge is 2.06. The third-order valence-corrected chi connectivity index (χ3v) is 2.08. The predicted octanol–water partition coefficient (Wildman–Crippen LogP) is 1.96. The van der Waals surface area contributed by atoms with Gasteiger partial charge in [0.1, 0.15) is 11.8 Å². The maximum atomic E-state index is 8.39. The standard InChI is InChI=1S/C10H11ClN2O/c1-13-7-8-9(11)3-2-4-10(8)14-6-5-12/h2-4,13H,6-7H2,1H3. The van der Waals surface area contributed by atoms with E-state index in [0.717, 1.165) is 5.56 Å². The molecule has 0 saturated heterocycles. The summed E-state index contributed by atoms with van der Waals surface area (Å²) in [5.41, 5.74) is 0.881. The van der Waals surface area contributed by atoms with E-state index in [2.05, 4.69) is 5.32 Å². The van der Waals surface area contributed by atoms with Crippen LogP contribution in [-0.2, 0) is 6.54 Å². The number of rotatable bonds is 4. The quantitative estimate of drug-likeness (QED) is 0.827. The minimum absolute atomic E-state index is 0.0387. The Morgan fingerprint density at radius 2 is 2.36 bits per heavy atom. The average Bonchev–Trinajstić information content (AvgIpc) is 2.19. The lowest BCUT2D eigenvalue weighted by Gasteiger charge is -2.10. The molecule has 0 amide bonds. The molecule has 1 rings (SSSR count). The van der Waals surface area contributed by atoms with Crippen LogP contribution >= 0.6 is 11.6 Å². The first-order chi connectivity index (χ1) is 6.79. The first kappa shape index (κ1) is 10.8. The highest BCUT2D eigenvalue weighted by molar-refractivity contribution is 6.31. The molecule has 0 bridgehead atoms. The lowest BCUT2D eigenvalue weighted by molar-refractivity contribution is 0.363. The summed E-state index contributed by atoms with van der Waals surface area (Å²) in [6, 6.07) is 7.32. The Morgan fingerprint density at radius 3 is 3.00 bits per heavy atom. The number of benzene rings is 1. The van der Waals surface area contributed by atoms with E-state index in [-0.39, 0.29) is 6.61 Å². The van der Waals surface area contributed by atoms with Gasteiger partial charge >= 0.3 is 0 Å². The average molecular weight is 211 g/mol. The molecule has 3 nitrogen and oxygen atoms in total. The molecule has 0 aliphatic heterocycles. The topological polar surface area (TPSA) is 45.0 Å². The number of hydrogen-bond donors (Lipinski definition) is 1. The van der Waals surface area contributed by atoms with Crippen LogP contribution in [-0.4, -0.2) is 13.7 Å². The van der Waals surface area contributed by atoms with Crippen LogP contribution in [0.15, 0.2) is 18.2 Å². The number of nitrogens with one attached hydrogen (secondary N) is 1. The maximum Gasteiger partial charge on any atom is 0.174 e. The molecule has 0 unspecified atom stereocenters. The molecule has 0 fully saturated rings. The van der Waals surface area contributed by atoms with E-state index < -0.39 is 0 Å². The van der Waals surface area contributed by atoms with Crippen molar-refractivity contribution in [1.29, 1.82) is 5.26 Å². The van der Waals surface area contributed by atoms with Crippen LogP contribution in [0.5, 0.6) is 5.75 Å². The first-order valence-corrected chi connectivity index (χ1v) is 4.59. The molecule has 0 radical (unpaired) electrons. The van der Waals surface area contributed by atoms with Gasteiger partial charge in [-0.05, 0) is 19.2 Å². The minimum atomic E-state index is 0.0387. The van der Waals surface area contributed by atoms with E-state index in [1.807, 2.05) is 13.1 Å². The van der Waals surface area contributed by atoms with E-state index in [9.17, 15) is 0 Å². The fourth-order valence-electron chi connectivity index (χ4n) is 1.13. The Balaban J connectivity index is 2.90. The van der Waals surface area contributed by atoms with Crippen LogP contribution in [0.1, 0.15) is 5.56 Å². The monoisotopic (exact) mass is 210 g/mol. The number of halogens is 1. The van der Waals surface area contributed by atoms with Crippen molar-refractivity contribution in [2.45, 2.75) is 6.54 Å². The van der Waals surface area contributed by atoms with E-state index in [1.165, 1.54) is 0 Å². The molecule has 1 aromatic carbocycles. The molecule has 0 saturated carbocycles. The second-order valence-electron chi connectivity index (χ2n) is 2.69. The fourth-order valence-corrected chi connectivity index (χ4v) is 1.37. The molecule has 0 spiro atoms. The number of hydrogen-bond acceptors (Lipinski definition) is 3. The molecule has 1 N–H and O–H groups in total. The number of nitrogens with zero attached hydrogens (tertiary/aromatic N) is 1. The highest BCUT2D eigenvalue weighted by Crippen LogP contribution is 2.25. The Hall–Kier alpha value is -1.24. The zero-order valence-corrected chi connectivity index (χ0v) is 8.64. The Kier molecular flexibility index (Phi) is 4.24. The third-order valence-electron chi connectivity index (χ3n) is 1.72. The van der Waals surface area contributed by atoms with E-state index in [0.29, 0.717) is 17.3 Å². The Bertz CT molecular complexity index is 346. The van der Waals surface area contributed by atoms with Gasteiger partial charge in [0.25, 0.3) is 0 Å². The molecular weight excluding hydrogens is 200 g/mol. The van der Waals surface area contributed by atoms with E-state index in [1.54, 1.807) is 18.2 Å². The third kappa shape index (κ3) is 2.63. The Morgan fingerprint density at radius 1 is 1.57 bits per heavy atom. The summed E-state index contributed by atoms with van der Waals surface area (Å²) in [5.74, 6) is 0.661. The highest BCUT2D eigenvalue weighted by atomic mass is 35.5. The second kappa shape index (κ2) is 5.48. The van der Waals surface area contributed by atoms with Gasteiger partial charge in [-0.25, -0.2) is 0 Å². The van der Waals surface area contributed by atoms with Crippen molar-refractivity contribution in [3.8, 4) is 11.8 Å². The molecule has 14 heavy (non-hydrogen) atoms. The van der Waals surface area contributed by atoms with Gasteiger partial charge in [0.05, 0.1) is 0 Å². The van der Waals surface area contributed by atoms with Gasteiger partial charge in [-0.1, -0.05) is 17.7 Å². The summed E-state index contributed by atoms with van der Waals surface area (Å²) in [7, 11) is 1.83. The molecule has 0 atom stereocenters. The van der Waals surface area contributed by atoms with Gasteiger partial charge in [-0.2, -0.15) is 5.26 Å². The van der Waals surface area contributed by atoms with Crippen LogP contribution in [0, 0.1) is 11.3 Å². The lowest BCUT2D eigenvalue weighted by atomic mass is 10.2. The fraction of sp³-hybridized carbons (Fsp3) is 0.300. The van der Waals surface area contributed by atoms with Crippen molar-refractivity contribution in [1.82, 2.24) is 5.32 Å². The Labute approximate surface area is 88.3 Å². The molecule has 1 aromatic rings. The lowest BCUT2D eigenvalue weighted by Crippen LogP contribution is -2.08. The molecule has 0 aliphatic carbocycles. The summed E-state index contributed by atoms with van der Waals surface area (Å²) in [6.45, 7) is 0.664. The zero-order chi connectivity index (χ0) is 10.4. The van der Waals surface area contributed by atoms with Crippen LogP contribution in [0.4, 0.5) is 0 Å². The molecule has 0 heterocycles. The van der Waals surface area contributed by atoms with Gasteiger partial charge in [-0.3, -0.25) is 0 Å². The first-order valence-electron chi connectivity index (χ1n) is 4.21. The smallest absolute Gasteiger partial charge is 0.174 e. The van der Waals surface area contributed by atoms with Gasteiger partial charge in [-0.15, -0.1) is 0 Å². The van der Waals surface area contributed by atoms with Crippen LogP contribution in [0.25, 0.3) is 0 Å². The van der Waals surface area contributed by atoms with Gasteiger partial charge in [0.15, 0.2) is 6.61 Å². The van der Waals surface area contributed by atoms with Crippen molar-refractivity contribution in [3.63, 3.8) is 0 Å². The summed E-state index contributed by atoms with van der Waals surface area (Å²) in [6.07, 6.45) is 0. The minimum Gasteiger partial charge on any atom is -0.478 e. The predicted molar refractivity (Wildman–Crippen MR) is 55.3 cm³/mol. The van der Waals surface area contributed by atoms with Crippen LogP contribution in [0.2, 0.25) is 5.02 Å². The molecule has 4 heteroatoms. The summed E-state index contributed by atoms with van der Waals surface area (Å²) in [4.78, 5) is 0.